The molecule has 2 aromatic rings. The van der Waals surface area contributed by atoms with Gasteiger partial charge in [0.2, 0.25) is 0 Å². The number of carbonyl (C=O) groups is 1. The van der Waals surface area contributed by atoms with Crippen molar-refractivity contribution in [2.75, 3.05) is 5.32 Å². The monoisotopic (exact) mass is 291 g/mol. The lowest BCUT2D eigenvalue weighted by Crippen LogP contribution is -2.19. The maximum atomic E-state index is 12.3. The van der Waals surface area contributed by atoms with Gasteiger partial charge in [-0.2, -0.15) is 0 Å². The van der Waals surface area contributed by atoms with Gasteiger partial charge in [-0.25, -0.2) is 0 Å². The molecule has 0 aliphatic carbocycles. The SMILES string of the molecule is CC(C)(C)c1nnsc1C(=O)Nc1cccc(CO)c1. The van der Waals surface area contributed by atoms with E-state index in [1.807, 2.05) is 20.8 Å². The van der Waals surface area contributed by atoms with Crippen molar-refractivity contribution in [1.29, 1.82) is 0 Å². The van der Waals surface area contributed by atoms with Crippen molar-refractivity contribution in [2.24, 2.45) is 0 Å². The van der Waals surface area contributed by atoms with Crippen LogP contribution in [0.25, 0.3) is 0 Å². The number of hydrogen-bond donors (Lipinski definition) is 2. The lowest BCUT2D eigenvalue weighted by molar-refractivity contribution is 0.102. The van der Waals surface area contributed by atoms with E-state index in [0.29, 0.717) is 16.3 Å². The predicted molar refractivity (Wildman–Crippen MR) is 78.9 cm³/mol. The molecule has 5 nitrogen and oxygen atoms in total. The van der Waals surface area contributed by atoms with Crippen LogP contribution in [0.15, 0.2) is 24.3 Å². The molecule has 0 saturated heterocycles. The average Bonchev–Trinajstić information content (AvgIpc) is 2.88. The standard InChI is InChI=1S/C14H17N3O2S/c1-14(2,3)12-11(20-17-16-12)13(19)15-10-6-4-5-9(7-10)8-18/h4-7,18H,8H2,1-3H3,(H,15,19). The normalized spacial score (nSPS) is 11.4. The first kappa shape index (κ1) is 14.6. The fourth-order valence-corrected chi connectivity index (χ4v) is 2.54. The fraction of sp³-hybridized carbons (Fsp3) is 0.357. The number of aromatic nitrogens is 2. The van der Waals surface area contributed by atoms with Crippen molar-refractivity contribution in [3.63, 3.8) is 0 Å². The fourth-order valence-electron chi connectivity index (χ4n) is 1.77. The molecule has 0 bridgehead atoms. The van der Waals surface area contributed by atoms with Crippen LogP contribution in [-0.2, 0) is 12.0 Å². The molecule has 20 heavy (non-hydrogen) atoms. The van der Waals surface area contributed by atoms with Gasteiger partial charge in [0.25, 0.3) is 5.91 Å². The summed E-state index contributed by atoms with van der Waals surface area (Å²) >= 11 is 1.09. The van der Waals surface area contributed by atoms with Crippen LogP contribution in [-0.4, -0.2) is 20.6 Å². The van der Waals surface area contributed by atoms with Gasteiger partial charge < -0.3 is 10.4 Å². The lowest BCUT2D eigenvalue weighted by Gasteiger charge is -2.16. The molecule has 1 heterocycles. The molecule has 0 unspecified atom stereocenters. The Bertz CT molecular complexity index is 617. The topological polar surface area (TPSA) is 75.1 Å². The van der Waals surface area contributed by atoms with Crippen molar-refractivity contribution in [1.82, 2.24) is 9.59 Å². The van der Waals surface area contributed by atoms with Gasteiger partial charge in [-0.15, -0.1) is 5.10 Å². The van der Waals surface area contributed by atoms with Crippen LogP contribution in [0.4, 0.5) is 5.69 Å². The van der Waals surface area contributed by atoms with Gasteiger partial charge in [0.15, 0.2) is 0 Å². The number of nitrogens with zero attached hydrogens (tertiary/aromatic N) is 2. The number of benzene rings is 1. The summed E-state index contributed by atoms with van der Waals surface area (Å²) in [7, 11) is 0. The van der Waals surface area contributed by atoms with Crippen LogP contribution in [0.2, 0.25) is 0 Å². The van der Waals surface area contributed by atoms with E-state index in [0.717, 1.165) is 17.1 Å². The van der Waals surface area contributed by atoms with E-state index in [2.05, 4.69) is 14.9 Å². The number of hydrogen-bond acceptors (Lipinski definition) is 5. The molecule has 1 amide bonds. The molecule has 1 aromatic heterocycles. The molecule has 1 aromatic carbocycles. The van der Waals surface area contributed by atoms with E-state index >= 15 is 0 Å². The summed E-state index contributed by atoms with van der Waals surface area (Å²) in [5.41, 5.74) is 1.86. The zero-order valence-corrected chi connectivity index (χ0v) is 12.5. The van der Waals surface area contributed by atoms with Gasteiger partial charge in [-0.1, -0.05) is 37.4 Å². The Balaban J connectivity index is 2.22. The quantitative estimate of drug-likeness (QED) is 0.911. The molecule has 2 N–H and O–H groups in total. The summed E-state index contributed by atoms with van der Waals surface area (Å²) < 4.78 is 3.88. The molecule has 0 saturated carbocycles. The molecule has 0 radical (unpaired) electrons. The summed E-state index contributed by atoms with van der Waals surface area (Å²) in [6.07, 6.45) is 0. The lowest BCUT2D eigenvalue weighted by atomic mass is 9.91. The van der Waals surface area contributed by atoms with Gasteiger partial charge in [0.05, 0.1) is 12.3 Å². The largest absolute Gasteiger partial charge is 0.392 e. The Morgan fingerprint density at radius 3 is 2.80 bits per heavy atom. The number of aliphatic hydroxyl groups is 1. The Morgan fingerprint density at radius 1 is 1.40 bits per heavy atom. The Morgan fingerprint density at radius 2 is 2.15 bits per heavy atom. The summed E-state index contributed by atoms with van der Waals surface area (Å²) in [6.45, 7) is 5.92. The van der Waals surface area contributed by atoms with Crippen molar-refractivity contribution in [3.05, 3.63) is 40.4 Å². The first-order valence-corrected chi connectivity index (χ1v) is 7.03. The minimum atomic E-state index is -0.230. The first-order chi connectivity index (χ1) is 9.41. The van der Waals surface area contributed by atoms with Gasteiger partial charge >= 0.3 is 0 Å². The summed E-state index contributed by atoms with van der Waals surface area (Å²) in [4.78, 5) is 12.8. The van der Waals surface area contributed by atoms with E-state index in [-0.39, 0.29) is 17.9 Å². The highest BCUT2D eigenvalue weighted by Crippen LogP contribution is 2.26. The highest BCUT2D eigenvalue weighted by molar-refractivity contribution is 7.08. The number of amides is 1. The Labute approximate surface area is 121 Å². The van der Waals surface area contributed by atoms with Gasteiger partial charge in [0, 0.05) is 11.1 Å². The molecular formula is C14H17N3O2S. The summed E-state index contributed by atoms with van der Waals surface area (Å²) in [5, 5.41) is 16.0. The predicted octanol–water partition coefficient (Wildman–Crippen LogP) is 2.58. The van der Waals surface area contributed by atoms with Crippen molar-refractivity contribution in [2.45, 2.75) is 32.8 Å². The highest BCUT2D eigenvalue weighted by atomic mass is 32.1. The van der Waals surface area contributed by atoms with Crippen molar-refractivity contribution < 1.29 is 9.90 Å². The molecule has 0 aliphatic rings. The molecule has 0 spiro atoms. The Kier molecular flexibility index (Phi) is 4.15. The van der Waals surface area contributed by atoms with E-state index in [1.54, 1.807) is 24.3 Å². The smallest absolute Gasteiger partial charge is 0.269 e. The number of aliphatic hydroxyl groups excluding tert-OH is 1. The van der Waals surface area contributed by atoms with E-state index in [4.69, 9.17) is 5.11 Å². The highest BCUT2D eigenvalue weighted by Gasteiger charge is 2.26. The van der Waals surface area contributed by atoms with E-state index < -0.39 is 0 Å². The molecule has 0 atom stereocenters. The molecule has 106 valence electrons. The van der Waals surface area contributed by atoms with E-state index in [9.17, 15) is 4.79 Å². The summed E-state index contributed by atoms with van der Waals surface area (Å²) in [6, 6.07) is 7.10. The first-order valence-electron chi connectivity index (χ1n) is 6.26. The maximum absolute atomic E-state index is 12.3. The molecule has 0 aliphatic heterocycles. The second-order valence-corrected chi connectivity index (χ2v) is 6.27. The van der Waals surface area contributed by atoms with Crippen molar-refractivity contribution >= 4 is 23.1 Å². The van der Waals surface area contributed by atoms with Gasteiger partial charge in [0.1, 0.15) is 4.88 Å². The molecule has 0 fully saturated rings. The third-order valence-electron chi connectivity index (χ3n) is 2.77. The third kappa shape index (κ3) is 3.20. The zero-order chi connectivity index (χ0) is 14.8. The Hall–Kier alpha value is -1.79. The van der Waals surface area contributed by atoms with Gasteiger partial charge in [-0.3, -0.25) is 4.79 Å². The minimum Gasteiger partial charge on any atom is -0.392 e. The van der Waals surface area contributed by atoms with Crippen LogP contribution in [0.1, 0.15) is 41.7 Å². The average molecular weight is 291 g/mol. The van der Waals surface area contributed by atoms with Crippen LogP contribution in [0.3, 0.4) is 0 Å². The van der Waals surface area contributed by atoms with Crippen LogP contribution < -0.4 is 5.32 Å². The number of rotatable bonds is 3. The molecule has 2 rings (SSSR count). The van der Waals surface area contributed by atoms with Gasteiger partial charge in [-0.05, 0) is 29.2 Å². The second-order valence-electron chi connectivity index (χ2n) is 5.51. The molecule has 6 heteroatoms. The maximum Gasteiger partial charge on any atom is 0.269 e. The number of carbonyl (C=O) groups excluding carboxylic acids is 1. The number of nitrogens with one attached hydrogen (secondary N) is 1. The van der Waals surface area contributed by atoms with Crippen molar-refractivity contribution in [3.8, 4) is 0 Å². The van der Waals surface area contributed by atoms with Crippen LogP contribution in [0.5, 0.6) is 0 Å². The molecular weight excluding hydrogens is 274 g/mol. The van der Waals surface area contributed by atoms with Crippen LogP contribution in [0, 0.1) is 0 Å². The number of anilines is 1. The second kappa shape index (κ2) is 5.68. The van der Waals surface area contributed by atoms with E-state index in [1.165, 1.54) is 0 Å². The van der Waals surface area contributed by atoms with Crippen LogP contribution >= 0.6 is 11.5 Å². The summed E-state index contributed by atoms with van der Waals surface area (Å²) in [5.74, 6) is -0.222. The third-order valence-corrected chi connectivity index (χ3v) is 3.50. The minimum absolute atomic E-state index is 0.0565. The zero-order valence-electron chi connectivity index (χ0n) is 11.7.